The molecule has 1 aromatic rings. The molecule has 0 heterocycles. The summed E-state index contributed by atoms with van der Waals surface area (Å²) >= 11 is 17.5. The molecule has 0 saturated heterocycles. The minimum atomic E-state index is -3.25. The summed E-state index contributed by atoms with van der Waals surface area (Å²) in [6.07, 6.45) is 0. The van der Waals surface area contributed by atoms with Crippen molar-refractivity contribution in [3.63, 3.8) is 0 Å². The highest BCUT2D eigenvalue weighted by Crippen LogP contribution is 2.40. The molecule has 1 atom stereocenters. The fourth-order valence-corrected chi connectivity index (χ4v) is 5.39. The lowest BCUT2D eigenvalue weighted by Gasteiger charge is -2.36. The van der Waals surface area contributed by atoms with Crippen LogP contribution < -0.4 is 0 Å². The Bertz CT molecular complexity index is 411. The molecule has 0 aliphatic heterocycles. The lowest BCUT2D eigenvalue weighted by molar-refractivity contribution is -0.0141. The van der Waals surface area contributed by atoms with Crippen molar-refractivity contribution in [1.82, 2.24) is 0 Å². The third kappa shape index (κ3) is 5.98. The highest BCUT2D eigenvalue weighted by atomic mass is 35.6. The van der Waals surface area contributed by atoms with Gasteiger partial charge >= 0.3 is 8.80 Å². The zero-order valence-corrected chi connectivity index (χ0v) is 16.1. The van der Waals surface area contributed by atoms with Crippen molar-refractivity contribution >= 4 is 43.6 Å². The van der Waals surface area contributed by atoms with E-state index in [4.69, 9.17) is 52.8 Å². The van der Waals surface area contributed by atoms with E-state index in [-0.39, 0.29) is 0 Å². The molecule has 0 bridgehead atoms. The highest BCUT2D eigenvalue weighted by Gasteiger charge is 2.53. The van der Waals surface area contributed by atoms with Crippen molar-refractivity contribution in [2.75, 3.05) is 19.8 Å². The zero-order valence-electron chi connectivity index (χ0n) is 12.9. The van der Waals surface area contributed by atoms with E-state index in [9.17, 15) is 0 Å². The Hall–Kier alpha value is 0.147. The van der Waals surface area contributed by atoms with Crippen molar-refractivity contribution < 1.29 is 18.0 Å². The van der Waals surface area contributed by atoms with Gasteiger partial charge in [-0.25, -0.2) is 0 Å². The second-order valence-corrected chi connectivity index (χ2v) is 9.03. The van der Waals surface area contributed by atoms with Gasteiger partial charge in [-0.15, -0.1) is 0 Å². The Labute approximate surface area is 147 Å². The monoisotopic (exact) mass is 386 g/mol. The molecule has 0 N–H and O–H groups in total. The van der Waals surface area contributed by atoms with E-state index in [1.807, 2.05) is 51.1 Å². The normalized spacial score (nSPS) is 14.1. The van der Waals surface area contributed by atoms with Crippen LogP contribution in [0.1, 0.15) is 32.1 Å². The Kier molecular flexibility index (Phi) is 8.67. The second-order valence-electron chi connectivity index (χ2n) is 4.26. The van der Waals surface area contributed by atoms with Crippen LogP contribution in [-0.2, 0) is 18.0 Å². The quantitative estimate of drug-likeness (QED) is 0.456. The molecule has 126 valence electrons. The van der Waals surface area contributed by atoms with E-state index >= 15 is 0 Å². The number of hydrogen-bond donors (Lipinski definition) is 0. The van der Waals surface area contributed by atoms with Gasteiger partial charge in [-0.1, -0.05) is 65.1 Å². The molecule has 1 unspecified atom stereocenters. The molecule has 0 aliphatic rings. The van der Waals surface area contributed by atoms with E-state index < -0.39 is 18.5 Å². The average Bonchev–Trinajstić information content (AvgIpc) is 2.45. The molecule has 0 spiro atoms. The predicted molar refractivity (Wildman–Crippen MR) is 91.2 cm³/mol. The first-order valence-electron chi connectivity index (χ1n) is 7.09. The zero-order chi connectivity index (χ0) is 16.6. The third-order valence-electron chi connectivity index (χ3n) is 2.71. The van der Waals surface area contributed by atoms with Crippen LogP contribution in [0.25, 0.3) is 0 Å². The molecule has 0 amide bonds. The number of benzene rings is 1. The summed E-state index contributed by atoms with van der Waals surface area (Å²) in [5.74, 6) is 0. The number of ether oxygens (including phenoxy) is 1. The summed E-state index contributed by atoms with van der Waals surface area (Å²) in [6, 6.07) is 9.35. The summed E-state index contributed by atoms with van der Waals surface area (Å²) in [7, 11) is -3.25. The fraction of sp³-hybridized carbons (Fsp3) is 0.571. The van der Waals surface area contributed by atoms with Gasteiger partial charge in [-0.3, -0.25) is 0 Å². The Morgan fingerprint density at radius 1 is 0.909 bits per heavy atom. The lowest BCUT2D eigenvalue weighted by Crippen LogP contribution is -2.53. The van der Waals surface area contributed by atoms with Gasteiger partial charge in [-0.2, -0.15) is 0 Å². The standard InChI is InChI=1S/C14H21Cl3O4Si/c1-4-18-22(19-5-2,20-6-3)13(21-14(15,16)17)12-10-8-7-9-11-12/h7-11,13H,4-6H2,1-3H3. The maximum absolute atomic E-state index is 5.87. The van der Waals surface area contributed by atoms with E-state index in [1.165, 1.54) is 0 Å². The molecular formula is C14H21Cl3O4Si. The van der Waals surface area contributed by atoms with Gasteiger partial charge in [0, 0.05) is 19.8 Å². The van der Waals surface area contributed by atoms with Gasteiger partial charge in [-0.05, 0) is 26.3 Å². The first-order chi connectivity index (χ1) is 10.4. The van der Waals surface area contributed by atoms with Crippen LogP contribution in [0, 0.1) is 0 Å². The van der Waals surface area contributed by atoms with Gasteiger partial charge in [0.2, 0.25) is 0 Å². The molecule has 1 aromatic carbocycles. The van der Waals surface area contributed by atoms with Crippen molar-refractivity contribution in [2.45, 2.75) is 30.5 Å². The third-order valence-corrected chi connectivity index (χ3v) is 6.15. The summed E-state index contributed by atoms with van der Waals surface area (Å²) in [4.78, 5) is 0. The average molecular weight is 388 g/mol. The molecule has 0 aromatic heterocycles. The molecule has 4 nitrogen and oxygen atoms in total. The first-order valence-corrected chi connectivity index (χ1v) is 10.0. The highest BCUT2D eigenvalue weighted by molar-refractivity contribution is 6.67. The van der Waals surface area contributed by atoms with Crippen molar-refractivity contribution in [3.8, 4) is 0 Å². The molecule has 0 saturated carbocycles. The number of hydrogen-bond acceptors (Lipinski definition) is 4. The maximum Gasteiger partial charge on any atom is 0.536 e. The summed E-state index contributed by atoms with van der Waals surface area (Å²) in [5, 5.41) is 0. The number of alkyl halides is 3. The lowest BCUT2D eigenvalue weighted by atomic mass is 10.2. The molecule has 0 radical (unpaired) electrons. The first kappa shape index (κ1) is 20.2. The number of rotatable bonds is 9. The minimum absolute atomic E-state index is 0.402. The Morgan fingerprint density at radius 3 is 1.73 bits per heavy atom. The number of halogens is 3. The van der Waals surface area contributed by atoms with Crippen LogP contribution in [-0.4, -0.2) is 32.6 Å². The van der Waals surface area contributed by atoms with Crippen LogP contribution in [0.5, 0.6) is 0 Å². The van der Waals surface area contributed by atoms with E-state index in [2.05, 4.69) is 0 Å². The minimum Gasteiger partial charge on any atom is -0.372 e. The maximum atomic E-state index is 5.87. The van der Waals surface area contributed by atoms with E-state index in [1.54, 1.807) is 0 Å². The fourth-order valence-electron chi connectivity index (χ4n) is 2.06. The van der Waals surface area contributed by atoms with Crippen LogP contribution in [0.15, 0.2) is 30.3 Å². The smallest absolute Gasteiger partial charge is 0.372 e. The van der Waals surface area contributed by atoms with Crippen molar-refractivity contribution in [1.29, 1.82) is 0 Å². The molecule has 22 heavy (non-hydrogen) atoms. The van der Waals surface area contributed by atoms with Gasteiger partial charge in [0.1, 0.15) is 0 Å². The summed E-state index contributed by atoms with van der Waals surface area (Å²) in [5.41, 5.74) is 0.0388. The van der Waals surface area contributed by atoms with Crippen LogP contribution >= 0.6 is 34.8 Å². The summed E-state index contributed by atoms with van der Waals surface area (Å²) < 4.78 is 21.3. The van der Waals surface area contributed by atoms with Crippen LogP contribution in [0.3, 0.4) is 0 Å². The van der Waals surface area contributed by atoms with E-state index in [0.29, 0.717) is 19.8 Å². The van der Waals surface area contributed by atoms with Gasteiger partial charge in [0.25, 0.3) is 3.98 Å². The molecule has 8 heteroatoms. The summed E-state index contributed by atoms with van der Waals surface area (Å²) in [6.45, 7) is 6.78. The Morgan fingerprint density at radius 2 is 1.36 bits per heavy atom. The van der Waals surface area contributed by atoms with Gasteiger partial charge in [0.05, 0.1) is 0 Å². The SMILES string of the molecule is CCO[Si](OCC)(OCC)C(OC(Cl)(Cl)Cl)c1ccccc1. The van der Waals surface area contributed by atoms with Gasteiger partial charge in [0.15, 0.2) is 5.73 Å². The molecule has 1 rings (SSSR count). The van der Waals surface area contributed by atoms with Crippen molar-refractivity contribution in [2.24, 2.45) is 0 Å². The second kappa shape index (κ2) is 9.44. The topological polar surface area (TPSA) is 36.9 Å². The molecular weight excluding hydrogens is 367 g/mol. The Balaban J connectivity index is 3.28. The largest absolute Gasteiger partial charge is 0.536 e. The molecule has 0 aliphatic carbocycles. The van der Waals surface area contributed by atoms with Crippen LogP contribution in [0.4, 0.5) is 0 Å². The van der Waals surface area contributed by atoms with Crippen molar-refractivity contribution in [3.05, 3.63) is 35.9 Å². The van der Waals surface area contributed by atoms with Crippen LogP contribution in [0.2, 0.25) is 0 Å². The van der Waals surface area contributed by atoms with E-state index in [0.717, 1.165) is 5.56 Å². The molecule has 0 fully saturated rings. The van der Waals surface area contributed by atoms with Gasteiger partial charge < -0.3 is 18.0 Å². The predicted octanol–water partition coefficient (Wildman–Crippen LogP) is 4.66.